The molecule has 1 atom stereocenters. The molecular formula is C11H9ClFNO. The van der Waals surface area contributed by atoms with Crippen molar-refractivity contribution in [2.45, 2.75) is 18.9 Å². The molecule has 2 rings (SSSR count). The van der Waals surface area contributed by atoms with Crippen molar-refractivity contribution in [3.8, 4) is 11.8 Å². The Morgan fingerprint density at radius 1 is 1.60 bits per heavy atom. The van der Waals surface area contributed by atoms with Gasteiger partial charge in [0.1, 0.15) is 17.1 Å². The zero-order valence-corrected chi connectivity index (χ0v) is 8.72. The Morgan fingerprint density at radius 2 is 2.47 bits per heavy atom. The first-order valence-corrected chi connectivity index (χ1v) is 5.08. The molecule has 0 amide bonds. The van der Waals surface area contributed by atoms with Crippen LogP contribution in [0, 0.1) is 17.7 Å². The fourth-order valence-electron chi connectivity index (χ4n) is 1.35. The summed E-state index contributed by atoms with van der Waals surface area (Å²) in [5.41, 5.74) is 0.259. The molecule has 1 fully saturated rings. The van der Waals surface area contributed by atoms with Crippen LogP contribution in [0.3, 0.4) is 0 Å². The summed E-state index contributed by atoms with van der Waals surface area (Å²) in [6, 6.07) is 1.15. The fourth-order valence-corrected chi connectivity index (χ4v) is 1.49. The van der Waals surface area contributed by atoms with Crippen molar-refractivity contribution in [1.82, 2.24) is 4.98 Å². The van der Waals surface area contributed by atoms with E-state index in [-0.39, 0.29) is 16.8 Å². The monoisotopic (exact) mass is 225 g/mol. The van der Waals surface area contributed by atoms with Crippen molar-refractivity contribution >= 4 is 11.6 Å². The average Bonchev–Trinajstić information content (AvgIpc) is 2.69. The minimum atomic E-state index is -0.444. The van der Waals surface area contributed by atoms with E-state index in [0.717, 1.165) is 25.5 Å². The van der Waals surface area contributed by atoms with Crippen molar-refractivity contribution in [3.63, 3.8) is 0 Å². The number of hydrogen-bond acceptors (Lipinski definition) is 2. The maximum Gasteiger partial charge on any atom is 0.143 e. The molecule has 0 N–H and O–H groups in total. The van der Waals surface area contributed by atoms with Gasteiger partial charge in [-0.2, -0.15) is 0 Å². The van der Waals surface area contributed by atoms with Crippen molar-refractivity contribution in [2.24, 2.45) is 0 Å². The Kier molecular flexibility index (Phi) is 3.20. The van der Waals surface area contributed by atoms with Gasteiger partial charge in [0.15, 0.2) is 0 Å². The smallest absolute Gasteiger partial charge is 0.143 e. The lowest BCUT2D eigenvalue weighted by atomic mass is 10.2. The number of aromatic nitrogens is 1. The SMILES string of the molecule is Fc1cc(Cl)ncc1C#CC1CCCO1. The topological polar surface area (TPSA) is 22.1 Å². The summed E-state index contributed by atoms with van der Waals surface area (Å²) in [6.07, 6.45) is 3.19. The van der Waals surface area contributed by atoms with E-state index in [1.807, 2.05) is 0 Å². The number of halogens is 2. The quantitative estimate of drug-likeness (QED) is 0.500. The lowest BCUT2D eigenvalue weighted by Crippen LogP contribution is -2.00. The second-order valence-corrected chi connectivity index (χ2v) is 3.65. The maximum atomic E-state index is 13.3. The molecule has 78 valence electrons. The largest absolute Gasteiger partial charge is 0.366 e. The number of nitrogens with zero attached hydrogens (tertiary/aromatic N) is 1. The average molecular weight is 226 g/mol. The van der Waals surface area contributed by atoms with Crippen LogP contribution in [0.4, 0.5) is 4.39 Å². The highest BCUT2D eigenvalue weighted by Crippen LogP contribution is 2.12. The highest BCUT2D eigenvalue weighted by Gasteiger charge is 2.12. The van der Waals surface area contributed by atoms with Crippen LogP contribution < -0.4 is 0 Å². The number of hydrogen-bond donors (Lipinski definition) is 0. The summed E-state index contributed by atoms with van der Waals surface area (Å²) < 4.78 is 18.6. The third-order valence-corrected chi connectivity index (χ3v) is 2.32. The normalized spacial score (nSPS) is 19.7. The van der Waals surface area contributed by atoms with Crippen molar-refractivity contribution in [3.05, 3.63) is 28.8 Å². The first kappa shape index (κ1) is 10.4. The second-order valence-electron chi connectivity index (χ2n) is 3.26. The summed E-state index contributed by atoms with van der Waals surface area (Å²) in [4.78, 5) is 3.77. The Bertz CT molecular complexity index is 418. The van der Waals surface area contributed by atoms with Gasteiger partial charge in [0.25, 0.3) is 0 Å². The van der Waals surface area contributed by atoms with Gasteiger partial charge in [0.05, 0.1) is 5.56 Å². The van der Waals surface area contributed by atoms with Crippen molar-refractivity contribution < 1.29 is 9.13 Å². The predicted molar refractivity (Wildman–Crippen MR) is 55.1 cm³/mol. The number of rotatable bonds is 0. The zero-order valence-electron chi connectivity index (χ0n) is 7.96. The summed E-state index contributed by atoms with van der Waals surface area (Å²) in [7, 11) is 0. The molecule has 0 bridgehead atoms. The standard InChI is InChI=1S/C11H9ClFNO/c12-11-6-10(13)8(7-14-11)3-4-9-2-1-5-15-9/h6-7,9H,1-2,5H2. The van der Waals surface area contributed by atoms with Gasteiger partial charge >= 0.3 is 0 Å². The van der Waals surface area contributed by atoms with Crippen LogP contribution in [-0.2, 0) is 4.74 Å². The summed E-state index contributed by atoms with van der Waals surface area (Å²) in [5.74, 6) is 5.13. The lowest BCUT2D eigenvalue weighted by Gasteiger charge is -1.98. The molecule has 2 heterocycles. The highest BCUT2D eigenvalue weighted by molar-refractivity contribution is 6.29. The summed E-state index contributed by atoms with van der Waals surface area (Å²) in [5, 5.41) is 0.134. The van der Waals surface area contributed by atoms with Crippen molar-refractivity contribution in [1.29, 1.82) is 0 Å². The van der Waals surface area contributed by atoms with Gasteiger partial charge in [-0.05, 0) is 12.8 Å². The van der Waals surface area contributed by atoms with E-state index in [2.05, 4.69) is 16.8 Å². The third kappa shape index (κ3) is 2.68. The Labute approximate surface area is 92.4 Å². The van der Waals surface area contributed by atoms with Crippen molar-refractivity contribution in [2.75, 3.05) is 6.61 Å². The molecule has 1 aromatic heterocycles. The second kappa shape index (κ2) is 4.61. The molecule has 1 unspecified atom stereocenters. The third-order valence-electron chi connectivity index (χ3n) is 2.12. The minimum Gasteiger partial charge on any atom is -0.366 e. The first-order chi connectivity index (χ1) is 7.25. The molecular weight excluding hydrogens is 217 g/mol. The molecule has 15 heavy (non-hydrogen) atoms. The molecule has 2 nitrogen and oxygen atoms in total. The molecule has 1 saturated heterocycles. The van der Waals surface area contributed by atoms with Crippen LogP contribution in [0.1, 0.15) is 18.4 Å². The molecule has 1 aliphatic heterocycles. The van der Waals surface area contributed by atoms with Crippen LogP contribution in [0.5, 0.6) is 0 Å². The van der Waals surface area contributed by atoms with E-state index in [0.29, 0.717) is 0 Å². The Balaban J connectivity index is 2.15. The van der Waals surface area contributed by atoms with E-state index < -0.39 is 5.82 Å². The van der Waals surface area contributed by atoms with Crippen LogP contribution in [-0.4, -0.2) is 17.7 Å². The zero-order chi connectivity index (χ0) is 10.7. The first-order valence-electron chi connectivity index (χ1n) is 4.70. The molecule has 0 saturated carbocycles. The lowest BCUT2D eigenvalue weighted by molar-refractivity contribution is 0.152. The molecule has 0 aromatic carbocycles. The van der Waals surface area contributed by atoms with Gasteiger partial charge in [0.2, 0.25) is 0 Å². The molecule has 0 aliphatic carbocycles. The van der Waals surface area contributed by atoms with Gasteiger partial charge in [-0.25, -0.2) is 9.37 Å². The maximum absolute atomic E-state index is 13.3. The predicted octanol–water partition coefficient (Wildman–Crippen LogP) is 2.40. The van der Waals surface area contributed by atoms with Crippen LogP contribution in [0.2, 0.25) is 5.15 Å². The molecule has 0 spiro atoms. The van der Waals surface area contributed by atoms with Crippen LogP contribution >= 0.6 is 11.6 Å². The number of ether oxygens (including phenoxy) is 1. The fraction of sp³-hybridized carbons (Fsp3) is 0.364. The minimum absolute atomic E-state index is 0.0694. The highest BCUT2D eigenvalue weighted by atomic mass is 35.5. The molecule has 1 aliphatic rings. The van der Waals surface area contributed by atoms with Gasteiger partial charge in [-0.15, -0.1) is 0 Å². The molecule has 0 radical (unpaired) electrons. The van der Waals surface area contributed by atoms with Gasteiger partial charge < -0.3 is 4.74 Å². The van der Waals surface area contributed by atoms with Crippen LogP contribution in [0.25, 0.3) is 0 Å². The summed E-state index contributed by atoms with van der Waals surface area (Å²) in [6.45, 7) is 0.737. The van der Waals surface area contributed by atoms with Gasteiger partial charge in [-0.1, -0.05) is 23.4 Å². The van der Waals surface area contributed by atoms with E-state index in [1.54, 1.807) is 0 Å². The van der Waals surface area contributed by atoms with Gasteiger partial charge in [0, 0.05) is 18.9 Å². The van der Waals surface area contributed by atoms with E-state index in [1.165, 1.54) is 6.20 Å². The van der Waals surface area contributed by atoms with E-state index >= 15 is 0 Å². The van der Waals surface area contributed by atoms with Crippen LogP contribution in [0.15, 0.2) is 12.3 Å². The van der Waals surface area contributed by atoms with Gasteiger partial charge in [-0.3, -0.25) is 0 Å². The van der Waals surface area contributed by atoms with E-state index in [4.69, 9.17) is 16.3 Å². The molecule has 1 aromatic rings. The molecule has 4 heteroatoms. The summed E-state index contributed by atoms with van der Waals surface area (Å²) >= 11 is 5.52. The Morgan fingerprint density at radius 3 is 3.13 bits per heavy atom. The Hall–Kier alpha value is -1.11. The number of pyridine rings is 1. The van der Waals surface area contributed by atoms with E-state index in [9.17, 15) is 4.39 Å².